The van der Waals surface area contributed by atoms with Gasteiger partial charge in [0.2, 0.25) is 5.91 Å². The minimum absolute atomic E-state index is 0.127. The van der Waals surface area contributed by atoms with E-state index in [-0.39, 0.29) is 17.9 Å². The van der Waals surface area contributed by atoms with Crippen molar-refractivity contribution in [2.45, 2.75) is 115 Å². The smallest absolute Gasteiger partial charge is 0.223 e. The number of halogens is 1. The lowest BCUT2D eigenvalue weighted by atomic mass is 9.88. The predicted octanol–water partition coefficient (Wildman–Crippen LogP) is 5.82. The van der Waals surface area contributed by atoms with Crippen molar-refractivity contribution in [3.63, 3.8) is 0 Å². The Hall–Kier alpha value is -1.05. The SMILES string of the molecule is Cc1nnc(C(C)C)n1C1CC2CCC(C1)N2CC[C@H](NC(=O)C1CCCCC1)C1=CC(CCl)CS1. The van der Waals surface area contributed by atoms with Gasteiger partial charge in [-0.05, 0) is 51.9 Å². The summed E-state index contributed by atoms with van der Waals surface area (Å²) in [5, 5.41) is 12.4. The number of aryl methyl sites for hydroxylation is 1. The Bertz CT molecular complexity index is 928. The standard InChI is InChI=1S/C28H44ClN5OS/c1-18(2)27-32-31-19(3)34(27)24-14-22-9-10-23(15-24)33(22)12-11-25(26-13-20(16-29)17-36-26)30-28(35)21-7-5-4-6-8-21/h13,18,20-25H,4-12,14-17H2,1-3H3,(H,30,35)/t20?,22?,23?,24?,25-/m0/s1. The molecule has 1 N–H and O–H groups in total. The van der Waals surface area contributed by atoms with Crippen LogP contribution in [-0.2, 0) is 4.79 Å². The predicted molar refractivity (Wildman–Crippen MR) is 149 cm³/mol. The number of carbonyl (C=O) groups excluding carboxylic acids is 1. The maximum Gasteiger partial charge on any atom is 0.223 e. The summed E-state index contributed by atoms with van der Waals surface area (Å²) in [7, 11) is 0. The lowest BCUT2D eigenvalue weighted by Gasteiger charge is -2.40. The molecule has 1 saturated carbocycles. The Kier molecular flexibility index (Phi) is 8.68. The van der Waals surface area contributed by atoms with Crippen molar-refractivity contribution in [2.75, 3.05) is 18.2 Å². The zero-order chi connectivity index (χ0) is 25.2. The van der Waals surface area contributed by atoms with E-state index >= 15 is 0 Å². The van der Waals surface area contributed by atoms with Crippen molar-refractivity contribution in [3.8, 4) is 0 Å². The minimum Gasteiger partial charge on any atom is -0.349 e. The fourth-order valence-corrected chi connectivity index (χ4v) is 8.72. The second kappa shape index (κ2) is 11.8. The molecule has 200 valence electrons. The quantitative estimate of drug-likeness (QED) is 0.405. The summed E-state index contributed by atoms with van der Waals surface area (Å²) >= 11 is 8.09. The molecule has 4 heterocycles. The molecule has 3 unspecified atom stereocenters. The number of hydrogen-bond acceptors (Lipinski definition) is 5. The van der Waals surface area contributed by atoms with Gasteiger partial charge in [0, 0.05) is 59.0 Å². The summed E-state index contributed by atoms with van der Waals surface area (Å²) in [4.78, 5) is 17.3. The van der Waals surface area contributed by atoms with Crippen LogP contribution in [-0.4, -0.2) is 61.9 Å². The van der Waals surface area contributed by atoms with Crippen molar-refractivity contribution < 1.29 is 4.79 Å². The van der Waals surface area contributed by atoms with Crippen LogP contribution >= 0.6 is 23.4 Å². The Labute approximate surface area is 226 Å². The number of carbonyl (C=O) groups is 1. The monoisotopic (exact) mass is 533 g/mol. The molecule has 1 aliphatic carbocycles. The van der Waals surface area contributed by atoms with E-state index in [1.165, 1.54) is 49.9 Å². The molecular formula is C28H44ClN5OS. The molecule has 0 spiro atoms. The maximum atomic E-state index is 13.2. The number of aromatic nitrogens is 3. The number of nitrogens with one attached hydrogen (secondary N) is 1. The van der Waals surface area contributed by atoms with Gasteiger partial charge in [0.15, 0.2) is 0 Å². The Morgan fingerprint density at radius 1 is 1.11 bits per heavy atom. The van der Waals surface area contributed by atoms with Crippen LogP contribution in [0, 0.1) is 18.8 Å². The van der Waals surface area contributed by atoms with E-state index in [0.29, 0.717) is 35.8 Å². The molecule has 0 radical (unpaired) electrons. The minimum atomic E-state index is 0.127. The Morgan fingerprint density at radius 2 is 1.83 bits per heavy atom. The summed E-state index contributed by atoms with van der Waals surface area (Å²) in [5.41, 5.74) is 0. The molecule has 8 heteroatoms. The van der Waals surface area contributed by atoms with Gasteiger partial charge < -0.3 is 9.88 Å². The molecule has 6 nitrogen and oxygen atoms in total. The number of amides is 1. The van der Waals surface area contributed by atoms with Gasteiger partial charge in [0.05, 0.1) is 6.04 Å². The zero-order valence-corrected chi connectivity index (χ0v) is 23.9. The van der Waals surface area contributed by atoms with Crippen LogP contribution in [0.3, 0.4) is 0 Å². The maximum absolute atomic E-state index is 13.2. The third-order valence-corrected chi connectivity index (χ3v) is 10.8. The molecule has 1 amide bonds. The highest BCUT2D eigenvalue weighted by Crippen LogP contribution is 2.43. The van der Waals surface area contributed by atoms with Gasteiger partial charge in [-0.1, -0.05) is 39.2 Å². The van der Waals surface area contributed by atoms with Crippen LogP contribution in [0.2, 0.25) is 0 Å². The second-order valence-corrected chi connectivity index (χ2v) is 13.3. The highest BCUT2D eigenvalue weighted by molar-refractivity contribution is 8.03. The lowest BCUT2D eigenvalue weighted by Crippen LogP contribution is -2.47. The number of allylic oxidation sites excluding steroid dienone is 1. The van der Waals surface area contributed by atoms with E-state index in [0.717, 1.165) is 43.2 Å². The number of rotatable bonds is 9. The van der Waals surface area contributed by atoms with E-state index in [9.17, 15) is 4.79 Å². The largest absolute Gasteiger partial charge is 0.349 e. The van der Waals surface area contributed by atoms with E-state index < -0.39 is 0 Å². The fraction of sp³-hybridized carbons (Fsp3) is 0.821. The number of fused-ring (bicyclic) bond motifs is 2. The molecule has 1 aromatic heterocycles. The highest BCUT2D eigenvalue weighted by Gasteiger charge is 2.42. The number of hydrogen-bond donors (Lipinski definition) is 1. The number of alkyl halides is 1. The van der Waals surface area contributed by atoms with Crippen molar-refractivity contribution in [2.24, 2.45) is 11.8 Å². The normalized spacial score (nSPS) is 30.1. The van der Waals surface area contributed by atoms with Crippen LogP contribution in [0.1, 0.15) is 102 Å². The number of thioether (sulfide) groups is 1. The molecule has 2 bridgehead atoms. The van der Waals surface area contributed by atoms with E-state index in [1.54, 1.807) is 0 Å². The first kappa shape index (κ1) is 26.6. The highest BCUT2D eigenvalue weighted by atomic mass is 35.5. The topological polar surface area (TPSA) is 63.1 Å². The van der Waals surface area contributed by atoms with Gasteiger partial charge in [-0.3, -0.25) is 9.69 Å². The van der Waals surface area contributed by atoms with Crippen molar-refractivity contribution >= 4 is 29.3 Å². The average Bonchev–Trinajstić information content (AvgIpc) is 3.58. The van der Waals surface area contributed by atoms with Gasteiger partial charge in [0.25, 0.3) is 0 Å². The van der Waals surface area contributed by atoms with Crippen molar-refractivity contribution in [3.05, 3.63) is 22.6 Å². The van der Waals surface area contributed by atoms with Gasteiger partial charge in [-0.25, -0.2) is 0 Å². The van der Waals surface area contributed by atoms with Crippen LogP contribution in [0.5, 0.6) is 0 Å². The molecule has 2 saturated heterocycles. The van der Waals surface area contributed by atoms with Gasteiger partial charge in [-0.15, -0.1) is 33.6 Å². The van der Waals surface area contributed by atoms with E-state index in [2.05, 4.69) is 51.8 Å². The zero-order valence-electron chi connectivity index (χ0n) is 22.3. The lowest BCUT2D eigenvalue weighted by molar-refractivity contribution is -0.126. The number of piperidine rings is 1. The van der Waals surface area contributed by atoms with E-state index in [1.807, 2.05) is 11.8 Å². The average molecular weight is 534 g/mol. The van der Waals surface area contributed by atoms with Gasteiger partial charge in [0.1, 0.15) is 11.6 Å². The number of nitrogens with zero attached hydrogens (tertiary/aromatic N) is 4. The van der Waals surface area contributed by atoms with Gasteiger partial charge >= 0.3 is 0 Å². The molecule has 36 heavy (non-hydrogen) atoms. The molecular weight excluding hydrogens is 490 g/mol. The van der Waals surface area contributed by atoms with Crippen molar-refractivity contribution in [1.82, 2.24) is 25.0 Å². The summed E-state index contributed by atoms with van der Waals surface area (Å²) in [5.74, 6) is 5.20. The molecule has 3 fully saturated rings. The first-order valence-electron chi connectivity index (χ1n) is 14.3. The summed E-state index contributed by atoms with van der Waals surface area (Å²) in [6, 6.07) is 1.87. The van der Waals surface area contributed by atoms with E-state index in [4.69, 9.17) is 11.6 Å². The van der Waals surface area contributed by atoms with Crippen LogP contribution in [0.4, 0.5) is 0 Å². The van der Waals surface area contributed by atoms with Crippen molar-refractivity contribution in [1.29, 1.82) is 0 Å². The summed E-state index contributed by atoms with van der Waals surface area (Å²) in [6.45, 7) is 7.60. The van der Waals surface area contributed by atoms with Crippen LogP contribution < -0.4 is 5.32 Å². The van der Waals surface area contributed by atoms with Crippen LogP contribution in [0.25, 0.3) is 0 Å². The Morgan fingerprint density at radius 3 is 2.47 bits per heavy atom. The molecule has 5 rings (SSSR count). The first-order valence-corrected chi connectivity index (χ1v) is 15.8. The molecule has 1 aromatic rings. The Balaban J connectivity index is 1.25. The summed E-state index contributed by atoms with van der Waals surface area (Å²) in [6.07, 6.45) is 14.0. The molecule has 0 aromatic carbocycles. The third-order valence-electron chi connectivity index (χ3n) is 9.01. The first-order chi connectivity index (χ1) is 17.4. The summed E-state index contributed by atoms with van der Waals surface area (Å²) < 4.78 is 2.44. The van der Waals surface area contributed by atoms with Crippen LogP contribution in [0.15, 0.2) is 11.0 Å². The third kappa shape index (κ3) is 5.68. The fourth-order valence-electron chi connectivity index (χ4n) is 7.11. The van der Waals surface area contributed by atoms with Gasteiger partial charge in [-0.2, -0.15) is 0 Å². The molecule has 4 atom stereocenters. The molecule has 4 aliphatic rings. The second-order valence-electron chi connectivity index (χ2n) is 11.9. The molecule has 3 aliphatic heterocycles.